The molecule has 2 aromatic rings. The summed E-state index contributed by atoms with van der Waals surface area (Å²) >= 11 is 1.05. The van der Waals surface area contributed by atoms with Crippen LogP contribution in [0.4, 0.5) is 18.9 Å². The molecule has 2 N–H and O–H groups in total. The summed E-state index contributed by atoms with van der Waals surface area (Å²) in [6, 6.07) is 12.0. The SMILES string of the molecule is CC(=NN=C1NC(=O)[C@H](CC(=O)Nc2cccc(C(F)(F)F)c2)S1)c1ccc(C)cc1. The van der Waals surface area contributed by atoms with E-state index < -0.39 is 28.8 Å². The molecule has 162 valence electrons. The molecule has 1 aliphatic rings. The highest BCUT2D eigenvalue weighted by molar-refractivity contribution is 8.15. The van der Waals surface area contributed by atoms with E-state index in [0.29, 0.717) is 5.71 Å². The van der Waals surface area contributed by atoms with Crippen molar-refractivity contribution in [1.29, 1.82) is 0 Å². The minimum atomic E-state index is -4.51. The maximum atomic E-state index is 12.8. The van der Waals surface area contributed by atoms with Gasteiger partial charge in [-0.3, -0.25) is 9.59 Å². The second kappa shape index (κ2) is 9.34. The van der Waals surface area contributed by atoms with Crippen LogP contribution in [-0.4, -0.2) is 27.9 Å². The first kappa shape index (κ1) is 22.5. The summed E-state index contributed by atoms with van der Waals surface area (Å²) in [4.78, 5) is 24.3. The third-order valence-corrected chi connectivity index (χ3v) is 5.45. The minimum Gasteiger partial charge on any atom is -0.326 e. The number of aryl methyl sites for hydroxylation is 1. The van der Waals surface area contributed by atoms with E-state index in [0.717, 1.165) is 35.0 Å². The Morgan fingerprint density at radius 2 is 1.90 bits per heavy atom. The van der Waals surface area contributed by atoms with Gasteiger partial charge >= 0.3 is 6.18 Å². The number of halogens is 3. The fourth-order valence-corrected chi connectivity index (χ4v) is 3.63. The molecule has 10 heteroatoms. The normalized spacial score (nSPS) is 18.2. The topological polar surface area (TPSA) is 82.9 Å². The van der Waals surface area contributed by atoms with Gasteiger partial charge in [0, 0.05) is 12.1 Å². The van der Waals surface area contributed by atoms with E-state index in [2.05, 4.69) is 20.8 Å². The number of carbonyl (C=O) groups is 2. The number of hydrogen-bond acceptors (Lipinski definition) is 5. The molecule has 1 atom stereocenters. The Morgan fingerprint density at radius 1 is 1.19 bits per heavy atom. The van der Waals surface area contributed by atoms with Crippen molar-refractivity contribution in [1.82, 2.24) is 5.32 Å². The Bertz CT molecular complexity index is 1050. The number of carbonyl (C=O) groups excluding carboxylic acids is 2. The van der Waals surface area contributed by atoms with Crippen molar-refractivity contribution >= 4 is 40.1 Å². The molecule has 31 heavy (non-hydrogen) atoms. The van der Waals surface area contributed by atoms with Crippen LogP contribution in [-0.2, 0) is 15.8 Å². The van der Waals surface area contributed by atoms with E-state index in [-0.39, 0.29) is 17.3 Å². The van der Waals surface area contributed by atoms with Gasteiger partial charge in [-0.25, -0.2) is 0 Å². The Kier molecular flexibility index (Phi) is 6.79. The lowest BCUT2D eigenvalue weighted by atomic mass is 10.1. The number of alkyl halides is 3. The fourth-order valence-electron chi connectivity index (χ4n) is 2.71. The molecule has 0 aliphatic carbocycles. The molecule has 3 rings (SSSR count). The summed E-state index contributed by atoms with van der Waals surface area (Å²) < 4.78 is 38.4. The first-order chi connectivity index (χ1) is 14.6. The number of nitrogens with zero attached hydrogens (tertiary/aromatic N) is 2. The minimum absolute atomic E-state index is 0.00967. The summed E-state index contributed by atoms with van der Waals surface area (Å²) in [5.41, 5.74) is 1.81. The molecule has 0 saturated carbocycles. The number of rotatable bonds is 5. The molecule has 6 nitrogen and oxygen atoms in total. The summed E-state index contributed by atoms with van der Waals surface area (Å²) in [6.07, 6.45) is -4.73. The van der Waals surface area contributed by atoms with Gasteiger partial charge < -0.3 is 10.6 Å². The number of benzene rings is 2. The molecule has 2 amide bonds. The van der Waals surface area contributed by atoms with Gasteiger partial charge in [-0.15, -0.1) is 5.10 Å². The second-order valence-electron chi connectivity index (χ2n) is 6.88. The molecular weight excluding hydrogens is 429 g/mol. The molecule has 0 spiro atoms. The zero-order chi connectivity index (χ0) is 22.6. The monoisotopic (exact) mass is 448 g/mol. The Balaban J connectivity index is 1.60. The summed E-state index contributed by atoms with van der Waals surface area (Å²) in [5, 5.41) is 12.6. The van der Waals surface area contributed by atoms with Crippen LogP contribution < -0.4 is 10.6 Å². The molecule has 0 radical (unpaired) electrons. The number of hydrogen-bond donors (Lipinski definition) is 2. The molecule has 2 aromatic carbocycles. The van der Waals surface area contributed by atoms with Gasteiger partial charge in [-0.1, -0.05) is 47.7 Å². The van der Waals surface area contributed by atoms with Crippen molar-refractivity contribution in [3.05, 3.63) is 65.2 Å². The molecule has 0 aromatic heterocycles. The van der Waals surface area contributed by atoms with Crippen molar-refractivity contribution in [2.75, 3.05) is 5.32 Å². The van der Waals surface area contributed by atoms with Crippen molar-refractivity contribution in [3.8, 4) is 0 Å². The maximum absolute atomic E-state index is 12.8. The van der Waals surface area contributed by atoms with Gasteiger partial charge in [0.1, 0.15) is 5.25 Å². The Hall–Kier alpha value is -3.14. The predicted octanol–water partition coefficient (Wildman–Crippen LogP) is 4.35. The third-order valence-electron chi connectivity index (χ3n) is 4.38. The van der Waals surface area contributed by atoms with E-state index in [4.69, 9.17) is 0 Å². The van der Waals surface area contributed by atoms with Crippen LogP contribution in [0.15, 0.2) is 58.7 Å². The molecule has 1 saturated heterocycles. The van der Waals surface area contributed by atoms with Crippen molar-refractivity contribution in [3.63, 3.8) is 0 Å². The smallest absolute Gasteiger partial charge is 0.326 e. The van der Waals surface area contributed by atoms with E-state index in [1.807, 2.05) is 31.2 Å². The van der Waals surface area contributed by atoms with Gasteiger partial charge in [0.05, 0.1) is 11.3 Å². The van der Waals surface area contributed by atoms with Crippen LogP contribution in [0.2, 0.25) is 0 Å². The number of amidine groups is 1. The lowest BCUT2D eigenvalue weighted by Gasteiger charge is -2.10. The number of thioether (sulfide) groups is 1. The van der Waals surface area contributed by atoms with Gasteiger partial charge in [-0.2, -0.15) is 18.3 Å². The van der Waals surface area contributed by atoms with Crippen LogP contribution in [0.5, 0.6) is 0 Å². The first-order valence-corrected chi connectivity index (χ1v) is 10.1. The van der Waals surface area contributed by atoms with E-state index in [9.17, 15) is 22.8 Å². The third kappa shape index (κ3) is 6.17. The van der Waals surface area contributed by atoms with Crippen molar-refractivity contribution in [2.24, 2.45) is 10.2 Å². The van der Waals surface area contributed by atoms with Gasteiger partial charge in [-0.05, 0) is 37.6 Å². The van der Waals surface area contributed by atoms with E-state index in [1.165, 1.54) is 12.1 Å². The highest BCUT2D eigenvalue weighted by Gasteiger charge is 2.33. The lowest BCUT2D eigenvalue weighted by Crippen LogP contribution is -2.28. The number of nitrogens with one attached hydrogen (secondary N) is 2. The Morgan fingerprint density at radius 3 is 2.58 bits per heavy atom. The largest absolute Gasteiger partial charge is 0.416 e. The first-order valence-electron chi connectivity index (χ1n) is 9.26. The van der Waals surface area contributed by atoms with E-state index >= 15 is 0 Å². The van der Waals surface area contributed by atoms with Crippen LogP contribution in [0.3, 0.4) is 0 Å². The van der Waals surface area contributed by atoms with Gasteiger partial charge in [0.25, 0.3) is 0 Å². The van der Waals surface area contributed by atoms with E-state index in [1.54, 1.807) is 6.92 Å². The highest BCUT2D eigenvalue weighted by Crippen LogP contribution is 2.31. The molecular formula is C21H19F3N4O2S. The summed E-state index contributed by atoms with van der Waals surface area (Å²) in [7, 11) is 0. The Labute approximate surface area is 181 Å². The van der Waals surface area contributed by atoms with Crippen LogP contribution in [0.25, 0.3) is 0 Å². The molecule has 0 bridgehead atoms. The second-order valence-corrected chi connectivity index (χ2v) is 8.07. The predicted molar refractivity (Wildman–Crippen MR) is 115 cm³/mol. The van der Waals surface area contributed by atoms with Gasteiger partial charge in [0.2, 0.25) is 11.8 Å². The quantitative estimate of drug-likeness (QED) is 0.527. The average Bonchev–Trinajstić information content (AvgIpc) is 3.05. The van der Waals surface area contributed by atoms with Crippen LogP contribution >= 0.6 is 11.8 Å². The standard InChI is InChI=1S/C21H19F3N4O2S/c1-12-6-8-14(9-7-12)13(2)27-28-20-26-19(30)17(31-20)11-18(29)25-16-5-3-4-15(10-16)21(22,23)24/h3-10,17H,11H2,1-2H3,(H,25,29)(H,26,28,30)/t17-/m0/s1. The lowest BCUT2D eigenvalue weighted by molar-refractivity contribution is -0.137. The van der Waals surface area contributed by atoms with Gasteiger partial charge in [0.15, 0.2) is 5.17 Å². The fraction of sp³-hybridized carbons (Fsp3) is 0.238. The number of anilines is 1. The van der Waals surface area contributed by atoms with Crippen molar-refractivity contribution in [2.45, 2.75) is 31.7 Å². The molecule has 1 heterocycles. The summed E-state index contributed by atoms with van der Waals surface area (Å²) in [6.45, 7) is 3.76. The van der Waals surface area contributed by atoms with Crippen LogP contribution in [0.1, 0.15) is 30.0 Å². The van der Waals surface area contributed by atoms with Crippen LogP contribution in [0, 0.1) is 6.92 Å². The molecule has 0 unspecified atom stereocenters. The van der Waals surface area contributed by atoms with Crippen molar-refractivity contribution < 1.29 is 22.8 Å². The summed E-state index contributed by atoms with van der Waals surface area (Å²) in [5.74, 6) is -0.987. The molecule has 1 aliphatic heterocycles. The number of amides is 2. The zero-order valence-corrected chi connectivity index (χ0v) is 17.5. The maximum Gasteiger partial charge on any atom is 0.416 e. The molecule has 1 fully saturated rings. The highest BCUT2D eigenvalue weighted by atomic mass is 32.2. The zero-order valence-electron chi connectivity index (χ0n) is 16.7. The average molecular weight is 448 g/mol.